The van der Waals surface area contributed by atoms with Gasteiger partial charge in [-0.1, -0.05) is 6.07 Å². The third-order valence-corrected chi connectivity index (χ3v) is 2.72. The van der Waals surface area contributed by atoms with Crippen LogP contribution in [-0.2, 0) is 17.1 Å². The molecule has 0 saturated heterocycles. The third kappa shape index (κ3) is 2.26. The maximum absolute atomic E-state index is 13.5. The predicted octanol–water partition coefficient (Wildman–Crippen LogP) is 2.58. The molecule has 3 nitrogen and oxygen atoms in total. The molecule has 0 aromatic heterocycles. The van der Waals surface area contributed by atoms with Crippen molar-refractivity contribution in [2.75, 3.05) is 5.32 Å². The Morgan fingerprint density at radius 1 is 1.41 bits per heavy atom. The second-order valence-electron chi connectivity index (χ2n) is 3.96. The number of alkyl halides is 2. The molecule has 0 radical (unpaired) electrons. The van der Waals surface area contributed by atoms with Crippen LogP contribution in [0, 0.1) is 11.3 Å². The maximum Gasteiger partial charge on any atom is 0.286 e. The normalized spacial score (nSPS) is 14.8. The second-order valence-corrected chi connectivity index (χ2v) is 3.96. The first-order valence-corrected chi connectivity index (χ1v) is 5.21. The molecule has 1 aliphatic rings. The number of amides is 1. The number of aryl methyl sites for hydroxylation is 1. The summed E-state index contributed by atoms with van der Waals surface area (Å²) >= 11 is 0. The first-order chi connectivity index (χ1) is 8.03. The van der Waals surface area contributed by atoms with Gasteiger partial charge in [-0.05, 0) is 24.1 Å². The Balaban J connectivity index is 2.34. The van der Waals surface area contributed by atoms with Crippen molar-refractivity contribution >= 4 is 11.6 Å². The summed E-state index contributed by atoms with van der Waals surface area (Å²) in [6, 6.07) is 5.56. The Bertz CT molecular complexity index is 506. The number of benzene rings is 1. The number of anilines is 1. The summed E-state index contributed by atoms with van der Waals surface area (Å²) in [7, 11) is 0. The van der Waals surface area contributed by atoms with Crippen LogP contribution < -0.4 is 5.32 Å². The Labute approximate surface area is 97.1 Å². The fraction of sp³-hybridized carbons (Fsp3) is 0.333. The van der Waals surface area contributed by atoms with E-state index in [9.17, 15) is 13.6 Å². The van der Waals surface area contributed by atoms with Crippen LogP contribution in [0.15, 0.2) is 18.2 Å². The molecule has 1 aromatic carbocycles. The zero-order valence-corrected chi connectivity index (χ0v) is 8.96. The second kappa shape index (κ2) is 4.13. The van der Waals surface area contributed by atoms with E-state index in [1.54, 1.807) is 0 Å². The summed E-state index contributed by atoms with van der Waals surface area (Å²) in [5, 5.41) is 11.0. The molecule has 0 fully saturated rings. The highest BCUT2D eigenvalue weighted by molar-refractivity contribution is 5.93. The van der Waals surface area contributed by atoms with Crippen molar-refractivity contribution in [2.45, 2.75) is 25.2 Å². The minimum Gasteiger partial charge on any atom is -0.326 e. The molecule has 0 saturated carbocycles. The highest BCUT2D eigenvalue weighted by atomic mass is 19.3. The van der Waals surface area contributed by atoms with Gasteiger partial charge >= 0.3 is 0 Å². The molecule has 1 N–H and O–H groups in total. The van der Waals surface area contributed by atoms with Gasteiger partial charge in [0.15, 0.2) is 0 Å². The predicted molar refractivity (Wildman–Crippen MR) is 57.5 cm³/mol. The summed E-state index contributed by atoms with van der Waals surface area (Å²) in [5.41, 5.74) is 1.10. The Morgan fingerprint density at radius 2 is 2.18 bits per heavy atom. The van der Waals surface area contributed by atoms with Crippen LogP contribution >= 0.6 is 0 Å². The lowest BCUT2D eigenvalue weighted by molar-refractivity contribution is -0.116. The van der Waals surface area contributed by atoms with Gasteiger partial charge in [-0.3, -0.25) is 4.79 Å². The summed E-state index contributed by atoms with van der Waals surface area (Å²) in [4.78, 5) is 11.1. The van der Waals surface area contributed by atoms with Gasteiger partial charge in [-0.2, -0.15) is 5.26 Å². The van der Waals surface area contributed by atoms with E-state index in [2.05, 4.69) is 5.32 Å². The molecule has 2 rings (SSSR count). The van der Waals surface area contributed by atoms with Crippen LogP contribution in [0.3, 0.4) is 0 Å². The van der Waals surface area contributed by atoms with Crippen LogP contribution in [0.5, 0.6) is 0 Å². The van der Waals surface area contributed by atoms with Gasteiger partial charge in [0, 0.05) is 17.7 Å². The molecular weight excluding hydrogens is 226 g/mol. The molecule has 0 spiro atoms. The van der Waals surface area contributed by atoms with Crippen molar-refractivity contribution in [3.8, 4) is 6.07 Å². The maximum atomic E-state index is 13.5. The van der Waals surface area contributed by atoms with E-state index >= 15 is 0 Å². The molecule has 1 aromatic rings. The van der Waals surface area contributed by atoms with E-state index in [0.29, 0.717) is 24.1 Å². The summed E-state index contributed by atoms with van der Waals surface area (Å²) in [6.45, 7) is 0. The van der Waals surface area contributed by atoms with Gasteiger partial charge in [0.05, 0.1) is 6.07 Å². The molecule has 0 bridgehead atoms. The Kier molecular flexibility index (Phi) is 2.80. The van der Waals surface area contributed by atoms with Crippen LogP contribution in [0.2, 0.25) is 0 Å². The molecule has 17 heavy (non-hydrogen) atoms. The standard InChI is InChI=1S/C12H10F2N2O/c13-12(14,5-6-15)9-2-3-10-8(7-9)1-4-11(17)16-10/h2-3,7H,1,4-5H2,(H,16,17). The van der Waals surface area contributed by atoms with Gasteiger partial charge in [0.25, 0.3) is 5.92 Å². The number of hydrogen-bond donors (Lipinski definition) is 1. The van der Waals surface area contributed by atoms with E-state index in [0.717, 1.165) is 0 Å². The number of nitriles is 1. The first kappa shape index (κ1) is 11.5. The monoisotopic (exact) mass is 236 g/mol. The van der Waals surface area contributed by atoms with Crippen molar-refractivity contribution in [3.63, 3.8) is 0 Å². The van der Waals surface area contributed by atoms with Crippen LogP contribution in [0.25, 0.3) is 0 Å². The van der Waals surface area contributed by atoms with Crippen molar-refractivity contribution < 1.29 is 13.6 Å². The minimum atomic E-state index is -3.13. The number of carbonyl (C=O) groups is 1. The average Bonchev–Trinajstić information content (AvgIpc) is 2.28. The van der Waals surface area contributed by atoms with Crippen molar-refractivity contribution in [2.24, 2.45) is 0 Å². The van der Waals surface area contributed by atoms with Gasteiger partial charge in [-0.15, -0.1) is 0 Å². The van der Waals surface area contributed by atoms with Crippen molar-refractivity contribution in [1.29, 1.82) is 5.26 Å². The molecule has 1 aliphatic heterocycles. The zero-order valence-electron chi connectivity index (χ0n) is 8.96. The Morgan fingerprint density at radius 3 is 2.88 bits per heavy atom. The number of fused-ring (bicyclic) bond motifs is 1. The van der Waals surface area contributed by atoms with Crippen LogP contribution in [0.1, 0.15) is 24.0 Å². The molecule has 0 atom stereocenters. The highest BCUT2D eigenvalue weighted by Crippen LogP contribution is 2.34. The van der Waals surface area contributed by atoms with Crippen molar-refractivity contribution in [3.05, 3.63) is 29.3 Å². The van der Waals surface area contributed by atoms with Gasteiger partial charge in [0.1, 0.15) is 6.42 Å². The molecule has 1 heterocycles. The molecular formula is C12H10F2N2O. The smallest absolute Gasteiger partial charge is 0.286 e. The summed E-state index contributed by atoms with van der Waals surface area (Å²) in [6.07, 6.45) is -0.0734. The van der Waals surface area contributed by atoms with Gasteiger partial charge in [-0.25, -0.2) is 8.78 Å². The van der Waals surface area contributed by atoms with E-state index in [-0.39, 0.29) is 11.5 Å². The third-order valence-electron chi connectivity index (χ3n) is 2.72. The SMILES string of the molecule is N#CCC(F)(F)c1ccc2c(c1)CCC(=O)N2. The van der Waals surface area contributed by atoms with Crippen molar-refractivity contribution in [1.82, 2.24) is 0 Å². The molecule has 0 unspecified atom stereocenters. The topological polar surface area (TPSA) is 52.9 Å². The number of nitrogens with zero attached hydrogens (tertiary/aromatic N) is 1. The van der Waals surface area contributed by atoms with E-state index in [1.165, 1.54) is 24.3 Å². The lowest BCUT2D eigenvalue weighted by atomic mass is 9.97. The lowest BCUT2D eigenvalue weighted by Crippen LogP contribution is -2.20. The zero-order chi connectivity index (χ0) is 12.5. The molecule has 88 valence electrons. The molecule has 0 aliphatic carbocycles. The largest absolute Gasteiger partial charge is 0.326 e. The summed E-state index contributed by atoms with van der Waals surface area (Å²) < 4.78 is 27.0. The fourth-order valence-electron chi connectivity index (χ4n) is 1.81. The van der Waals surface area contributed by atoms with E-state index < -0.39 is 12.3 Å². The number of nitrogens with one attached hydrogen (secondary N) is 1. The highest BCUT2D eigenvalue weighted by Gasteiger charge is 2.32. The number of carbonyl (C=O) groups excluding carboxylic acids is 1. The average molecular weight is 236 g/mol. The molecule has 1 amide bonds. The quantitative estimate of drug-likeness (QED) is 0.857. The lowest BCUT2D eigenvalue weighted by Gasteiger charge is -2.20. The number of halogens is 2. The van der Waals surface area contributed by atoms with Crippen LogP contribution in [0.4, 0.5) is 14.5 Å². The molecule has 5 heteroatoms. The van der Waals surface area contributed by atoms with Gasteiger partial charge in [0.2, 0.25) is 5.91 Å². The van der Waals surface area contributed by atoms with E-state index in [4.69, 9.17) is 5.26 Å². The fourth-order valence-corrected chi connectivity index (χ4v) is 1.81. The number of hydrogen-bond acceptors (Lipinski definition) is 2. The first-order valence-electron chi connectivity index (χ1n) is 5.21. The van der Waals surface area contributed by atoms with Crippen LogP contribution in [-0.4, -0.2) is 5.91 Å². The number of rotatable bonds is 2. The Hall–Kier alpha value is -1.96. The summed E-state index contributed by atoms with van der Waals surface area (Å²) in [5.74, 6) is -3.24. The van der Waals surface area contributed by atoms with E-state index in [1.807, 2.05) is 0 Å². The minimum absolute atomic E-state index is 0.103. The van der Waals surface area contributed by atoms with Gasteiger partial charge < -0.3 is 5.32 Å².